The van der Waals surface area contributed by atoms with E-state index in [9.17, 15) is 4.79 Å². The molecule has 2 aromatic carbocycles. The summed E-state index contributed by atoms with van der Waals surface area (Å²) in [4.78, 5) is 17.3. The Bertz CT molecular complexity index is 951. The van der Waals surface area contributed by atoms with Crippen LogP contribution in [-0.4, -0.2) is 16.6 Å². The predicted molar refractivity (Wildman–Crippen MR) is 141 cm³/mol. The summed E-state index contributed by atoms with van der Waals surface area (Å²) in [5.41, 5.74) is 4.61. The molecule has 172 valence electrons. The Hall–Kier alpha value is -1.85. The smallest absolute Gasteiger partial charge is 0.224 e. The van der Waals surface area contributed by atoms with Crippen LogP contribution in [0.2, 0.25) is 0 Å². The molecule has 1 heterocycles. The van der Waals surface area contributed by atoms with Crippen LogP contribution in [0.15, 0.2) is 46.8 Å². The lowest BCUT2D eigenvalue weighted by Crippen LogP contribution is -2.15. The number of carbonyl (C=O) groups excluding carboxylic acids is 1. The maximum atomic E-state index is 12.6. The minimum atomic E-state index is 0.145. The molecule has 0 aliphatic rings. The minimum Gasteiger partial charge on any atom is -0.326 e. The van der Waals surface area contributed by atoms with Crippen LogP contribution in [0.3, 0.4) is 0 Å². The van der Waals surface area contributed by atoms with Crippen LogP contribution >= 0.6 is 23.1 Å². The van der Waals surface area contributed by atoms with Gasteiger partial charge in [-0.1, -0.05) is 89.1 Å². The highest BCUT2D eigenvalue weighted by molar-refractivity contribution is 8.01. The van der Waals surface area contributed by atoms with Gasteiger partial charge in [-0.05, 0) is 47.9 Å². The molecule has 0 atom stereocenters. The highest BCUT2D eigenvalue weighted by atomic mass is 32.2. The van der Waals surface area contributed by atoms with E-state index in [1.807, 2.05) is 17.8 Å². The van der Waals surface area contributed by atoms with E-state index in [4.69, 9.17) is 0 Å². The van der Waals surface area contributed by atoms with Crippen LogP contribution in [0.4, 0.5) is 5.69 Å². The third kappa shape index (κ3) is 7.08. The van der Waals surface area contributed by atoms with Gasteiger partial charge in [0.1, 0.15) is 0 Å². The molecule has 1 aromatic heterocycles. The molecule has 0 spiro atoms. The zero-order chi connectivity index (χ0) is 22.9. The summed E-state index contributed by atoms with van der Waals surface area (Å²) in [6.45, 7) is 8.74. The lowest BCUT2D eigenvalue weighted by Gasteiger charge is -2.20. The zero-order valence-electron chi connectivity index (χ0n) is 19.8. The summed E-state index contributed by atoms with van der Waals surface area (Å²) >= 11 is 3.65. The fourth-order valence-electron chi connectivity index (χ4n) is 3.89. The van der Waals surface area contributed by atoms with Crippen molar-refractivity contribution in [2.45, 2.75) is 82.4 Å². The van der Waals surface area contributed by atoms with Gasteiger partial charge in [0.25, 0.3) is 0 Å². The van der Waals surface area contributed by atoms with Crippen molar-refractivity contribution < 1.29 is 4.79 Å². The lowest BCUT2D eigenvalue weighted by molar-refractivity contribution is -0.116. The second-order valence-corrected chi connectivity index (χ2v) is 11.4. The van der Waals surface area contributed by atoms with Crippen LogP contribution in [0.1, 0.15) is 89.2 Å². The van der Waals surface area contributed by atoms with Crippen LogP contribution in [-0.2, 0) is 4.79 Å². The van der Waals surface area contributed by atoms with Gasteiger partial charge >= 0.3 is 0 Å². The molecular formula is C27H36N2OS2. The van der Waals surface area contributed by atoms with Gasteiger partial charge in [-0.2, -0.15) is 0 Å². The van der Waals surface area contributed by atoms with Crippen molar-refractivity contribution in [3.63, 3.8) is 0 Å². The molecule has 0 radical (unpaired) electrons. The minimum absolute atomic E-state index is 0.145. The number of fused-ring (bicyclic) bond motifs is 1. The standard InChI is InChI=1S/C27H36N2OS2/c1-19(2)21-13-12-14-22(20(3)4)26(21)29-25(30)17-8-6-5-7-11-18-31-27-28-23-15-9-10-16-24(23)32-27/h9-10,12-16,19-20H,5-8,11,17-18H2,1-4H3,(H,29,30). The van der Waals surface area contributed by atoms with Gasteiger partial charge in [0.15, 0.2) is 4.34 Å². The first kappa shape index (κ1) is 24.8. The van der Waals surface area contributed by atoms with E-state index in [-0.39, 0.29) is 5.91 Å². The van der Waals surface area contributed by atoms with Crippen LogP contribution in [0, 0.1) is 0 Å². The number of carbonyl (C=O) groups is 1. The molecule has 32 heavy (non-hydrogen) atoms. The summed E-state index contributed by atoms with van der Waals surface area (Å²) in [6.07, 6.45) is 6.28. The van der Waals surface area contributed by atoms with E-state index in [0.717, 1.165) is 29.8 Å². The number of anilines is 1. The number of thioether (sulfide) groups is 1. The van der Waals surface area contributed by atoms with E-state index >= 15 is 0 Å². The Morgan fingerprint density at radius 1 is 0.906 bits per heavy atom. The van der Waals surface area contributed by atoms with Crippen LogP contribution in [0.25, 0.3) is 10.2 Å². The highest BCUT2D eigenvalue weighted by Crippen LogP contribution is 2.33. The van der Waals surface area contributed by atoms with Crippen molar-refractivity contribution in [1.29, 1.82) is 0 Å². The largest absolute Gasteiger partial charge is 0.326 e. The van der Waals surface area contributed by atoms with Crippen molar-refractivity contribution in [2.75, 3.05) is 11.1 Å². The van der Waals surface area contributed by atoms with Gasteiger partial charge < -0.3 is 5.32 Å². The fraction of sp³-hybridized carbons (Fsp3) is 0.481. The molecule has 3 nitrogen and oxygen atoms in total. The Balaban J connectivity index is 1.33. The summed E-state index contributed by atoms with van der Waals surface area (Å²) in [5.74, 6) is 2.05. The molecule has 1 amide bonds. The molecule has 3 aromatic rings. The molecule has 0 unspecified atom stereocenters. The van der Waals surface area contributed by atoms with Gasteiger partial charge in [0.2, 0.25) is 5.91 Å². The van der Waals surface area contributed by atoms with E-state index in [1.165, 1.54) is 39.4 Å². The lowest BCUT2D eigenvalue weighted by atomic mass is 9.92. The summed E-state index contributed by atoms with van der Waals surface area (Å²) in [7, 11) is 0. The van der Waals surface area contributed by atoms with Gasteiger partial charge in [-0.25, -0.2) is 4.98 Å². The molecule has 0 bridgehead atoms. The molecular weight excluding hydrogens is 432 g/mol. The number of benzene rings is 2. The third-order valence-electron chi connectivity index (χ3n) is 5.69. The number of unbranched alkanes of at least 4 members (excludes halogenated alkanes) is 4. The topological polar surface area (TPSA) is 42.0 Å². The summed E-state index contributed by atoms with van der Waals surface area (Å²) < 4.78 is 2.44. The van der Waals surface area contributed by atoms with Crippen molar-refractivity contribution in [3.8, 4) is 0 Å². The zero-order valence-corrected chi connectivity index (χ0v) is 21.5. The molecule has 0 saturated heterocycles. The second kappa shape index (κ2) is 12.4. The van der Waals surface area contributed by atoms with Gasteiger partial charge in [0, 0.05) is 17.9 Å². The van der Waals surface area contributed by atoms with Crippen LogP contribution in [0.5, 0.6) is 0 Å². The molecule has 3 rings (SSSR count). The second-order valence-electron chi connectivity index (χ2n) is 8.98. The molecule has 0 saturated carbocycles. The third-order valence-corrected chi connectivity index (χ3v) is 7.95. The highest BCUT2D eigenvalue weighted by Gasteiger charge is 2.15. The average molecular weight is 469 g/mol. The van der Waals surface area contributed by atoms with Crippen LogP contribution < -0.4 is 5.32 Å². The number of para-hydroxylation sites is 2. The number of nitrogens with one attached hydrogen (secondary N) is 1. The summed E-state index contributed by atoms with van der Waals surface area (Å²) in [6, 6.07) is 14.7. The Kier molecular flexibility index (Phi) is 9.61. The predicted octanol–water partition coefficient (Wildman–Crippen LogP) is 8.61. The van der Waals surface area contributed by atoms with Gasteiger partial charge in [0.05, 0.1) is 10.2 Å². The summed E-state index contributed by atoms with van der Waals surface area (Å²) in [5, 5.41) is 3.23. The Morgan fingerprint density at radius 3 is 2.25 bits per heavy atom. The van der Waals surface area contributed by atoms with E-state index in [1.54, 1.807) is 11.3 Å². The monoisotopic (exact) mass is 468 g/mol. The Morgan fingerprint density at radius 2 is 1.56 bits per heavy atom. The van der Waals surface area contributed by atoms with E-state index < -0.39 is 0 Å². The Labute approximate surface area is 201 Å². The average Bonchev–Trinajstić information content (AvgIpc) is 3.18. The molecule has 5 heteroatoms. The van der Waals surface area contributed by atoms with E-state index in [0.29, 0.717) is 18.3 Å². The molecule has 0 fully saturated rings. The first-order valence-electron chi connectivity index (χ1n) is 11.9. The van der Waals surface area contributed by atoms with E-state index in [2.05, 4.69) is 74.4 Å². The number of hydrogen-bond acceptors (Lipinski definition) is 4. The maximum Gasteiger partial charge on any atom is 0.224 e. The number of amides is 1. The van der Waals surface area contributed by atoms with Gasteiger partial charge in [-0.15, -0.1) is 11.3 Å². The number of aromatic nitrogens is 1. The quantitative estimate of drug-likeness (QED) is 0.214. The van der Waals surface area contributed by atoms with Crippen molar-refractivity contribution >= 4 is 44.9 Å². The van der Waals surface area contributed by atoms with Crippen molar-refractivity contribution in [3.05, 3.63) is 53.6 Å². The maximum absolute atomic E-state index is 12.6. The normalized spacial score (nSPS) is 11.6. The first-order valence-corrected chi connectivity index (χ1v) is 13.7. The molecule has 1 N–H and O–H groups in total. The molecule has 0 aliphatic heterocycles. The SMILES string of the molecule is CC(C)c1cccc(C(C)C)c1NC(=O)CCCCCCCSc1nc2ccccc2s1. The molecule has 0 aliphatic carbocycles. The first-order chi connectivity index (χ1) is 15.5. The number of hydrogen-bond donors (Lipinski definition) is 1. The van der Waals surface area contributed by atoms with Crippen molar-refractivity contribution in [1.82, 2.24) is 4.98 Å². The fourth-order valence-corrected chi connectivity index (χ4v) is 6.03. The number of thiazole rings is 1. The van der Waals surface area contributed by atoms with Gasteiger partial charge in [-0.3, -0.25) is 4.79 Å². The number of rotatable bonds is 12. The van der Waals surface area contributed by atoms with Crippen molar-refractivity contribution in [2.24, 2.45) is 0 Å². The number of nitrogens with zero attached hydrogens (tertiary/aromatic N) is 1.